The summed E-state index contributed by atoms with van der Waals surface area (Å²) in [5.74, 6) is -1.63. The first kappa shape index (κ1) is 20.6. The monoisotopic (exact) mass is 370 g/mol. The number of carbonyl (C=O) groups excluding carboxylic acids is 3. The summed E-state index contributed by atoms with van der Waals surface area (Å²) >= 11 is 0. The zero-order chi connectivity index (χ0) is 19.2. The number of urea groups is 1. The van der Waals surface area contributed by atoms with Crippen molar-refractivity contribution in [3.63, 3.8) is 0 Å². The third kappa shape index (κ3) is 6.54. The van der Waals surface area contributed by atoms with Gasteiger partial charge in [-0.25, -0.2) is 18.0 Å². The molecule has 1 atom stereocenters. The van der Waals surface area contributed by atoms with Crippen LogP contribution in [0.25, 0.3) is 0 Å². The topological polar surface area (TPSA) is 119 Å². The van der Waals surface area contributed by atoms with E-state index < -0.39 is 34.4 Å². The van der Waals surface area contributed by atoms with Crippen molar-refractivity contribution in [2.75, 3.05) is 12.9 Å². The largest absolute Gasteiger partial charge is 0.452 e. The van der Waals surface area contributed by atoms with Crippen LogP contribution >= 0.6 is 0 Å². The lowest BCUT2D eigenvalue weighted by molar-refractivity contribution is -0.123. The molecule has 9 heteroatoms. The summed E-state index contributed by atoms with van der Waals surface area (Å²) in [4.78, 5) is 35.2. The summed E-state index contributed by atoms with van der Waals surface area (Å²) in [5.41, 5.74) is 0.548. The number of hydrogen-bond donors (Lipinski definition) is 2. The van der Waals surface area contributed by atoms with E-state index in [4.69, 9.17) is 4.74 Å². The lowest BCUT2D eigenvalue weighted by atomic mass is 10.1. The highest BCUT2D eigenvalue weighted by Crippen LogP contribution is 2.16. The standard InChI is InChI=1S/C16H22N2O6S/c1-5-11(3)17-16(21)18-14(19)9-24-15(20)13-8-12(25(4,22)23)7-6-10(13)2/h6-8,11H,5,9H2,1-4H3,(H2,17,18,19,21)/t11-/m0/s1. The molecule has 0 aliphatic carbocycles. The van der Waals surface area contributed by atoms with Crippen LogP contribution in [0.4, 0.5) is 4.79 Å². The maximum absolute atomic E-state index is 12.1. The van der Waals surface area contributed by atoms with Crippen LogP contribution in [-0.4, -0.2) is 45.2 Å². The number of imide groups is 1. The fourth-order valence-electron chi connectivity index (χ4n) is 1.79. The summed E-state index contributed by atoms with van der Waals surface area (Å²) in [5, 5.41) is 4.58. The van der Waals surface area contributed by atoms with Crippen LogP contribution in [0.15, 0.2) is 23.1 Å². The number of benzene rings is 1. The van der Waals surface area contributed by atoms with Crippen LogP contribution in [0.5, 0.6) is 0 Å². The van der Waals surface area contributed by atoms with Gasteiger partial charge in [0.25, 0.3) is 5.91 Å². The normalized spacial score (nSPS) is 12.2. The van der Waals surface area contributed by atoms with Gasteiger partial charge in [-0.1, -0.05) is 13.0 Å². The SMILES string of the molecule is CC[C@H](C)NC(=O)NC(=O)COC(=O)c1cc(S(C)(=O)=O)ccc1C. The van der Waals surface area contributed by atoms with Crippen molar-refractivity contribution < 1.29 is 27.5 Å². The van der Waals surface area contributed by atoms with Gasteiger partial charge in [-0.05, 0) is 38.0 Å². The van der Waals surface area contributed by atoms with E-state index in [1.807, 2.05) is 12.2 Å². The smallest absolute Gasteiger partial charge is 0.338 e. The predicted molar refractivity (Wildman–Crippen MR) is 91.0 cm³/mol. The number of nitrogens with one attached hydrogen (secondary N) is 2. The Morgan fingerprint density at radius 3 is 2.44 bits per heavy atom. The molecular formula is C16H22N2O6S. The lowest BCUT2D eigenvalue weighted by Gasteiger charge is -2.12. The molecule has 138 valence electrons. The Balaban J connectivity index is 2.68. The molecule has 3 amide bonds. The highest BCUT2D eigenvalue weighted by atomic mass is 32.2. The van der Waals surface area contributed by atoms with Gasteiger partial charge in [-0.15, -0.1) is 0 Å². The van der Waals surface area contributed by atoms with Gasteiger partial charge >= 0.3 is 12.0 Å². The summed E-state index contributed by atoms with van der Waals surface area (Å²) < 4.78 is 28.0. The Kier molecular flexibility index (Phi) is 7.10. The van der Waals surface area contributed by atoms with Crippen molar-refractivity contribution in [3.8, 4) is 0 Å². The molecule has 0 fully saturated rings. The molecule has 0 heterocycles. The van der Waals surface area contributed by atoms with Gasteiger partial charge in [0.1, 0.15) is 0 Å². The van der Waals surface area contributed by atoms with Crippen molar-refractivity contribution in [3.05, 3.63) is 29.3 Å². The van der Waals surface area contributed by atoms with E-state index in [1.54, 1.807) is 13.8 Å². The van der Waals surface area contributed by atoms with E-state index in [2.05, 4.69) is 5.32 Å². The molecule has 8 nitrogen and oxygen atoms in total. The van der Waals surface area contributed by atoms with Crippen molar-refractivity contribution in [2.24, 2.45) is 0 Å². The number of amides is 3. The number of aryl methyl sites for hydroxylation is 1. The molecule has 1 aromatic carbocycles. The van der Waals surface area contributed by atoms with Crippen molar-refractivity contribution in [1.82, 2.24) is 10.6 Å². The zero-order valence-electron chi connectivity index (χ0n) is 14.6. The molecule has 0 aliphatic heterocycles. The summed E-state index contributed by atoms with van der Waals surface area (Å²) in [6.45, 7) is 4.61. The van der Waals surface area contributed by atoms with Gasteiger partial charge in [0, 0.05) is 12.3 Å². The minimum Gasteiger partial charge on any atom is -0.452 e. The second-order valence-electron chi connectivity index (χ2n) is 5.66. The van der Waals surface area contributed by atoms with E-state index in [9.17, 15) is 22.8 Å². The average molecular weight is 370 g/mol. The van der Waals surface area contributed by atoms with Crippen LogP contribution in [0.1, 0.15) is 36.2 Å². The predicted octanol–water partition coefficient (Wildman–Crippen LogP) is 1.18. The van der Waals surface area contributed by atoms with Gasteiger partial charge in [-0.2, -0.15) is 0 Å². The molecule has 25 heavy (non-hydrogen) atoms. The van der Waals surface area contributed by atoms with Gasteiger partial charge in [0.2, 0.25) is 0 Å². The lowest BCUT2D eigenvalue weighted by Crippen LogP contribution is -2.44. The Labute approximate surface area is 146 Å². The Hall–Kier alpha value is -2.42. The third-order valence-electron chi connectivity index (χ3n) is 3.43. The number of esters is 1. The van der Waals surface area contributed by atoms with Crippen molar-refractivity contribution in [1.29, 1.82) is 0 Å². The molecule has 1 aromatic rings. The fraction of sp³-hybridized carbons (Fsp3) is 0.438. The van der Waals surface area contributed by atoms with E-state index >= 15 is 0 Å². The van der Waals surface area contributed by atoms with Crippen molar-refractivity contribution >= 4 is 27.7 Å². The van der Waals surface area contributed by atoms with Crippen LogP contribution in [0, 0.1) is 6.92 Å². The second kappa shape index (κ2) is 8.61. The zero-order valence-corrected chi connectivity index (χ0v) is 15.4. The highest BCUT2D eigenvalue weighted by molar-refractivity contribution is 7.90. The molecular weight excluding hydrogens is 348 g/mol. The number of carbonyl (C=O) groups is 3. The first-order valence-corrected chi connectivity index (χ1v) is 9.52. The fourth-order valence-corrected chi connectivity index (χ4v) is 2.43. The maximum atomic E-state index is 12.1. The maximum Gasteiger partial charge on any atom is 0.338 e. The molecule has 1 rings (SSSR count). The van der Waals surface area contributed by atoms with Crippen LogP contribution in [0.3, 0.4) is 0 Å². The summed E-state index contributed by atoms with van der Waals surface area (Å²) in [7, 11) is -3.48. The molecule has 0 spiro atoms. The van der Waals surface area contributed by atoms with Crippen LogP contribution < -0.4 is 10.6 Å². The molecule has 0 saturated carbocycles. The minimum atomic E-state index is -3.48. The third-order valence-corrected chi connectivity index (χ3v) is 4.54. The minimum absolute atomic E-state index is 0.0255. The highest BCUT2D eigenvalue weighted by Gasteiger charge is 2.17. The van der Waals surface area contributed by atoms with Gasteiger partial charge in [-0.3, -0.25) is 10.1 Å². The number of hydrogen-bond acceptors (Lipinski definition) is 6. The van der Waals surface area contributed by atoms with E-state index in [0.29, 0.717) is 12.0 Å². The van der Waals surface area contributed by atoms with Gasteiger partial charge in [0.15, 0.2) is 16.4 Å². The Morgan fingerprint density at radius 2 is 1.88 bits per heavy atom. The summed E-state index contributed by atoms with van der Waals surface area (Å²) in [6.07, 6.45) is 1.72. The van der Waals surface area contributed by atoms with Crippen LogP contribution in [0.2, 0.25) is 0 Å². The molecule has 0 saturated heterocycles. The number of sulfone groups is 1. The Bertz CT molecular complexity index is 773. The molecule has 0 aliphatic rings. The molecule has 0 unspecified atom stereocenters. The number of ether oxygens (including phenoxy) is 1. The second-order valence-corrected chi connectivity index (χ2v) is 7.67. The average Bonchev–Trinajstić information content (AvgIpc) is 2.51. The van der Waals surface area contributed by atoms with E-state index in [1.165, 1.54) is 18.2 Å². The molecule has 2 N–H and O–H groups in total. The Morgan fingerprint density at radius 1 is 1.24 bits per heavy atom. The van der Waals surface area contributed by atoms with Gasteiger partial charge in [0.05, 0.1) is 10.5 Å². The van der Waals surface area contributed by atoms with E-state index in [0.717, 1.165) is 6.26 Å². The first-order chi connectivity index (χ1) is 11.5. The van der Waals surface area contributed by atoms with Crippen molar-refractivity contribution in [2.45, 2.75) is 38.1 Å². The molecule has 0 bridgehead atoms. The number of rotatable bonds is 6. The van der Waals surface area contributed by atoms with E-state index in [-0.39, 0.29) is 16.5 Å². The van der Waals surface area contributed by atoms with Gasteiger partial charge < -0.3 is 10.1 Å². The summed E-state index contributed by atoms with van der Waals surface area (Å²) in [6, 6.07) is 3.28. The molecule has 0 aromatic heterocycles. The first-order valence-electron chi connectivity index (χ1n) is 7.62. The van der Waals surface area contributed by atoms with Crippen LogP contribution in [-0.2, 0) is 19.4 Å². The quantitative estimate of drug-likeness (QED) is 0.726. The molecule has 0 radical (unpaired) electrons.